The molecule has 0 aromatic carbocycles. The molecular formula is C7H6BrF3N2OS. The average molecular weight is 303 g/mol. The molecule has 0 fully saturated rings. The second-order valence-corrected chi connectivity index (χ2v) is 4.04. The molecule has 0 aliphatic heterocycles. The maximum atomic E-state index is 11.9. The number of halogens is 4. The molecule has 0 aliphatic rings. The molecule has 0 spiro atoms. The van der Waals surface area contributed by atoms with E-state index in [-0.39, 0.29) is 5.88 Å². The first kappa shape index (κ1) is 12.6. The van der Waals surface area contributed by atoms with Crippen LogP contribution >= 0.6 is 27.7 Å². The van der Waals surface area contributed by atoms with E-state index in [0.29, 0.717) is 9.63 Å². The van der Waals surface area contributed by atoms with Gasteiger partial charge in [-0.2, -0.15) is 18.2 Å². The molecule has 0 unspecified atom stereocenters. The molecule has 0 saturated carbocycles. The van der Waals surface area contributed by atoms with Gasteiger partial charge in [0.15, 0.2) is 11.8 Å². The normalized spacial score (nSPS) is 11.5. The lowest BCUT2D eigenvalue weighted by Gasteiger charge is -2.09. The summed E-state index contributed by atoms with van der Waals surface area (Å²) in [7, 11) is 0. The van der Waals surface area contributed by atoms with Crippen LogP contribution in [0.2, 0.25) is 0 Å². The molecule has 1 aromatic rings. The number of ether oxygens (including phenoxy) is 1. The van der Waals surface area contributed by atoms with Crippen molar-refractivity contribution in [1.29, 1.82) is 0 Å². The third-order valence-corrected chi connectivity index (χ3v) is 2.35. The molecule has 0 amide bonds. The smallest absolute Gasteiger partial charge is 0.422 e. The Morgan fingerprint density at radius 1 is 1.53 bits per heavy atom. The minimum absolute atomic E-state index is 0.105. The fourth-order valence-electron chi connectivity index (χ4n) is 0.686. The molecule has 0 aliphatic carbocycles. The molecule has 1 aromatic heterocycles. The topological polar surface area (TPSA) is 35.0 Å². The summed E-state index contributed by atoms with van der Waals surface area (Å²) in [6, 6.07) is 0. The summed E-state index contributed by atoms with van der Waals surface area (Å²) in [6.07, 6.45) is -1.30. The highest BCUT2D eigenvalue weighted by Crippen LogP contribution is 2.25. The maximum Gasteiger partial charge on any atom is 0.422 e. The summed E-state index contributed by atoms with van der Waals surface area (Å²) < 4.78 is 40.4. The third-order valence-electron chi connectivity index (χ3n) is 1.24. The summed E-state index contributed by atoms with van der Waals surface area (Å²) in [5, 5.41) is 0.357. The zero-order chi connectivity index (χ0) is 11.5. The van der Waals surface area contributed by atoms with Gasteiger partial charge in [0.25, 0.3) is 0 Å². The van der Waals surface area contributed by atoms with Crippen molar-refractivity contribution in [2.75, 3.05) is 12.9 Å². The molecule has 0 N–H and O–H groups in total. The molecule has 84 valence electrons. The van der Waals surface area contributed by atoms with Crippen molar-refractivity contribution < 1.29 is 17.9 Å². The SMILES string of the molecule is CSc1ncc(Br)c(OCC(F)(F)F)n1. The average Bonchev–Trinajstić information content (AvgIpc) is 2.15. The Balaban J connectivity index is 2.75. The van der Waals surface area contributed by atoms with E-state index in [9.17, 15) is 13.2 Å². The van der Waals surface area contributed by atoms with Crippen LogP contribution in [0.25, 0.3) is 0 Å². The van der Waals surface area contributed by atoms with Gasteiger partial charge in [0.2, 0.25) is 5.88 Å². The molecule has 0 bridgehead atoms. The molecular weight excluding hydrogens is 297 g/mol. The van der Waals surface area contributed by atoms with Crippen LogP contribution in [-0.2, 0) is 0 Å². The third kappa shape index (κ3) is 4.25. The molecule has 1 heterocycles. The van der Waals surface area contributed by atoms with Crippen LogP contribution in [-0.4, -0.2) is 29.0 Å². The van der Waals surface area contributed by atoms with E-state index in [1.165, 1.54) is 18.0 Å². The van der Waals surface area contributed by atoms with E-state index < -0.39 is 12.8 Å². The van der Waals surface area contributed by atoms with Gasteiger partial charge in [-0.25, -0.2) is 4.98 Å². The van der Waals surface area contributed by atoms with Gasteiger partial charge in [-0.05, 0) is 22.2 Å². The Bertz CT molecular complexity index is 347. The number of thioether (sulfide) groups is 1. The monoisotopic (exact) mass is 302 g/mol. The first-order valence-corrected chi connectivity index (χ1v) is 5.70. The van der Waals surface area contributed by atoms with Crippen molar-refractivity contribution in [3.8, 4) is 5.88 Å². The lowest BCUT2D eigenvalue weighted by Crippen LogP contribution is -2.20. The van der Waals surface area contributed by atoms with Gasteiger partial charge in [0, 0.05) is 6.20 Å². The van der Waals surface area contributed by atoms with E-state index in [1.807, 2.05) is 0 Å². The fraction of sp³-hybridized carbons (Fsp3) is 0.429. The molecule has 8 heteroatoms. The summed E-state index contributed by atoms with van der Waals surface area (Å²) in [4.78, 5) is 7.62. The van der Waals surface area contributed by atoms with Crippen LogP contribution in [0.3, 0.4) is 0 Å². The Morgan fingerprint density at radius 3 is 2.73 bits per heavy atom. The van der Waals surface area contributed by atoms with Crippen molar-refractivity contribution >= 4 is 27.7 Å². The maximum absolute atomic E-state index is 11.9. The Labute approximate surface area is 96.6 Å². The van der Waals surface area contributed by atoms with Crippen molar-refractivity contribution in [3.05, 3.63) is 10.7 Å². The molecule has 0 atom stereocenters. The van der Waals surface area contributed by atoms with Crippen LogP contribution in [0.15, 0.2) is 15.8 Å². The zero-order valence-corrected chi connectivity index (χ0v) is 9.91. The van der Waals surface area contributed by atoms with Gasteiger partial charge >= 0.3 is 6.18 Å². The predicted octanol–water partition coefficient (Wildman–Crippen LogP) is 2.90. The largest absolute Gasteiger partial charge is 0.467 e. The Hall–Kier alpha value is -0.500. The Kier molecular flexibility index (Phi) is 4.21. The van der Waals surface area contributed by atoms with Crippen LogP contribution in [0, 0.1) is 0 Å². The number of alkyl halides is 3. The van der Waals surface area contributed by atoms with Crippen molar-refractivity contribution in [2.24, 2.45) is 0 Å². The summed E-state index contributed by atoms with van der Waals surface area (Å²) in [6.45, 7) is -1.36. The number of nitrogens with zero attached hydrogens (tertiary/aromatic N) is 2. The van der Waals surface area contributed by atoms with E-state index in [4.69, 9.17) is 0 Å². The summed E-state index contributed by atoms with van der Waals surface area (Å²) in [5.74, 6) is -0.105. The van der Waals surface area contributed by atoms with Gasteiger partial charge in [0.05, 0.1) is 4.47 Å². The number of hydrogen-bond donors (Lipinski definition) is 0. The van der Waals surface area contributed by atoms with Gasteiger partial charge in [0.1, 0.15) is 0 Å². The van der Waals surface area contributed by atoms with Crippen molar-refractivity contribution in [3.63, 3.8) is 0 Å². The van der Waals surface area contributed by atoms with Crippen molar-refractivity contribution in [1.82, 2.24) is 9.97 Å². The number of rotatable bonds is 3. The van der Waals surface area contributed by atoms with E-state index in [1.54, 1.807) is 6.26 Å². The molecule has 15 heavy (non-hydrogen) atoms. The van der Waals surface area contributed by atoms with Crippen LogP contribution in [0.1, 0.15) is 0 Å². The second-order valence-electron chi connectivity index (χ2n) is 2.41. The minimum atomic E-state index is -4.37. The highest BCUT2D eigenvalue weighted by molar-refractivity contribution is 9.10. The number of hydrogen-bond acceptors (Lipinski definition) is 4. The second kappa shape index (κ2) is 5.02. The van der Waals surface area contributed by atoms with Crippen LogP contribution in [0.5, 0.6) is 5.88 Å². The standard InChI is InChI=1S/C7H6BrF3N2OS/c1-15-6-12-2-4(8)5(13-6)14-3-7(9,10)11/h2H,3H2,1H3. The highest BCUT2D eigenvalue weighted by atomic mass is 79.9. The highest BCUT2D eigenvalue weighted by Gasteiger charge is 2.29. The Morgan fingerprint density at radius 2 is 2.20 bits per heavy atom. The van der Waals surface area contributed by atoms with Gasteiger partial charge in [-0.15, -0.1) is 0 Å². The van der Waals surface area contributed by atoms with Crippen LogP contribution < -0.4 is 4.74 Å². The molecule has 0 radical (unpaired) electrons. The van der Waals surface area contributed by atoms with Gasteiger partial charge in [-0.1, -0.05) is 11.8 Å². The number of aromatic nitrogens is 2. The molecule has 1 rings (SSSR count). The van der Waals surface area contributed by atoms with Crippen LogP contribution in [0.4, 0.5) is 13.2 Å². The zero-order valence-electron chi connectivity index (χ0n) is 7.51. The van der Waals surface area contributed by atoms with Gasteiger partial charge < -0.3 is 4.74 Å². The minimum Gasteiger partial charge on any atom is -0.467 e. The molecule has 0 saturated heterocycles. The fourth-order valence-corrected chi connectivity index (χ4v) is 1.32. The van der Waals surface area contributed by atoms with E-state index >= 15 is 0 Å². The first-order chi connectivity index (χ1) is 6.92. The molecule has 3 nitrogen and oxygen atoms in total. The van der Waals surface area contributed by atoms with Crippen molar-refractivity contribution in [2.45, 2.75) is 11.3 Å². The van der Waals surface area contributed by atoms with E-state index in [2.05, 4.69) is 30.6 Å². The lowest BCUT2D eigenvalue weighted by molar-refractivity contribution is -0.154. The first-order valence-electron chi connectivity index (χ1n) is 3.68. The summed E-state index contributed by atoms with van der Waals surface area (Å²) >= 11 is 4.22. The van der Waals surface area contributed by atoms with E-state index in [0.717, 1.165) is 0 Å². The summed E-state index contributed by atoms with van der Waals surface area (Å²) in [5.41, 5.74) is 0. The predicted molar refractivity (Wildman–Crippen MR) is 53.1 cm³/mol. The van der Waals surface area contributed by atoms with Gasteiger partial charge in [-0.3, -0.25) is 0 Å². The lowest BCUT2D eigenvalue weighted by atomic mass is 10.6. The quantitative estimate of drug-likeness (QED) is 0.635.